The number of rotatable bonds is 49. The number of carbonyl (C=O) groups excluding carboxylic acids is 13. The maximum absolute atomic E-state index is 14.4. The summed E-state index contributed by atoms with van der Waals surface area (Å²) in [5.74, 6) is -17.2. The lowest BCUT2D eigenvalue weighted by molar-refractivity contribution is -0.143. The van der Waals surface area contributed by atoms with Gasteiger partial charge in [0.1, 0.15) is 90.0 Å². The van der Waals surface area contributed by atoms with Gasteiger partial charge in [0.25, 0.3) is 0 Å². The molecular formula is C65H106N20O21S2. The van der Waals surface area contributed by atoms with E-state index in [-0.39, 0.29) is 95.0 Å². The van der Waals surface area contributed by atoms with Crippen LogP contribution >= 0.6 is 25.3 Å². The number of aliphatic imine (C=N–C) groups is 1. The Morgan fingerprint density at radius 2 is 0.806 bits per heavy atom. The Bertz CT molecular complexity index is 3390. The van der Waals surface area contributed by atoms with Crippen LogP contribution in [0.3, 0.4) is 0 Å². The first-order chi connectivity index (χ1) is 50.6. The number of nitrogens with one attached hydrogen (secondary N) is 12. The minimum Gasteiger partial charge on any atom is -0.508 e. The van der Waals surface area contributed by atoms with Crippen molar-refractivity contribution in [3.63, 3.8) is 0 Å². The Kier molecular flexibility index (Phi) is 41.2. The Hall–Kier alpha value is -9.73. The first-order valence-electron chi connectivity index (χ1n) is 34.2. The van der Waals surface area contributed by atoms with Crippen LogP contribution in [0.15, 0.2) is 53.5 Å². The van der Waals surface area contributed by atoms with E-state index < -0.39 is 203 Å². The van der Waals surface area contributed by atoms with Gasteiger partial charge in [0.2, 0.25) is 76.8 Å². The summed E-state index contributed by atoms with van der Waals surface area (Å²) in [5, 5.41) is 99.2. The molecule has 0 heterocycles. The minimum absolute atomic E-state index is 0.0589. The van der Waals surface area contributed by atoms with E-state index in [0.717, 1.165) is 13.8 Å². The molecule has 2 rings (SSSR count). The van der Waals surface area contributed by atoms with Crippen LogP contribution in [-0.4, -0.2) is 265 Å². The highest BCUT2D eigenvalue weighted by molar-refractivity contribution is 7.81. The summed E-state index contributed by atoms with van der Waals surface area (Å²) in [6.07, 6.45) is -7.03. The van der Waals surface area contributed by atoms with Crippen molar-refractivity contribution in [3.05, 3.63) is 59.7 Å². The first kappa shape index (κ1) is 94.4. The summed E-state index contributed by atoms with van der Waals surface area (Å²) < 4.78 is -1.51. The summed E-state index contributed by atoms with van der Waals surface area (Å²) in [6.45, 7) is 4.44. The molecule has 0 aliphatic carbocycles. The van der Waals surface area contributed by atoms with E-state index in [0.29, 0.717) is 17.5 Å². The third-order valence-corrected chi connectivity index (χ3v) is 16.8. The fourth-order valence-electron chi connectivity index (χ4n) is 10.1. The lowest BCUT2D eigenvalue weighted by Gasteiger charge is -2.33. The van der Waals surface area contributed by atoms with Crippen molar-refractivity contribution in [2.45, 2.75) is 200 Å². The zero-order valence-corrected chi connectivity index (χ0v) is 62.2. The molecule has 0 saturated carbocycles. The number of aliphatic hydroxyl groups excluding tert-OH is 4. The molecule has 33 N–H and O–H groups in total. The molecule has 0 radical (unpaired) electrons. The van der Waals surface area contributed by atoms with Gasteiger partial charge in [-0.3, -0.25) is 67.3 Å². The number of phenols is 2. The van der Waals surface area contributed by atoms with Crippen LogP contribution in [0.2, 0.25) is 0 Å². The molecule has 0 bridgehead atoms. The second kappa shape index (κ2) is 47.2. The van der Waals surface area contributed by atoms with Crippen molar-refractivity contribution in [2.75, 3.05) is 38.5 Å². The summed E-state index contributed by atoms with van der Waals surface area (Å²) >= 11 is 8.67. The Morgan fingerprint density at radius 3 is 1.20 bits per heavy atom. The summed E-state index contributed by atoms with van der Waals surface area (Å²) in [7, 11) is 0. The normalized spacial score (nSPS) is 15.7. The molecule has 43 heteroatoms. The second-order valence-electron chi connectivity index (χ2n) is 25.9. The number of amides is 13. The van der Waals surface area contributed by atoms with Gasteiger partial charge in [-0.05, 0) is 135 Å². The number of carbonyl (C=O) groups is 14. The molecule has 0 saturated heterocycles. The average Bonchev–Trinajstić information content (AvgIpc) is 0.826. The molecule has 0 spiro atoms. The third-order valence-electron chi connectivity index (χ3n) is 16.2. The number of benzene rings is 2. The van der Waals surface area contributed by atoms with Crippen molar-refractivity contribution >= 4 is 114 Å². The van der Waals surface area contributed by atoms with Gasteiger partial charge in [0.15, 0.2) is 5.96 Å². The van der Waals surface area contributed by atoms with Gasteiger partial charge in [0, 0.05) is 29.9 Å². The number of nitrogens with zero attached hydrogens (tertiary/aromatic N) is 1. The van der Waals surface area contributed by atoms with Gasteiger partial charge in [-0.2, -0.15) is 25.3 Å². The topological polar surface area (TPSA) is 719 Å². The van der Waals surface area contributed by atoms with Gasteiger partial charge < -0.3 is 140 Å². The zero-order chi connectivity index (χ0) is 81.9. The van der Waals surface area contributed by atoms with Crippen molar-refractivity contribution in [1.82, 2.24) is 63.8 Å². The molecule has 13 amide bonds. The highest BCUT2D eigenvalue weighted by Crippen LogP contribution is 2.20. The fourth-order valence-corrected chi connectivity index (χ4v) is 10.5. The van der Waals surface area contributed by atoms with Gasteiger partial charge >= 0.3 is 5.97 Å². The van der Waals surface area contributed by atoms with Crippen molar-refractivity contribution in [3.8, 4) is 11.5 Å². The Morgan fingerprint density at radius 1 is 0.444 bits per heavy atom. The molecule has 0 fully saturated rings. The van der Waals surface area contributed by atoms with E-state index in [1.54, 1.807) is 0 Å². The minimum atomic E-state index is -1.94. The van der Waals surface area contributed by atoms with Gasteiger partial charge in [-0.25, -0.2) is 4.79 Å². The smallest absolute Gasteiger partial charge is 0.326 e. The van der Waals surface area contributed by atoms with E-state index >= 15 is 0 Å². The van der Waals surface area contributed by atoms with Crippen LogP contribution in [0.5, 0.6) is 11.5 Å². The van der Waals surface area contributed by atoms with Gasteiger partial charge in [-0.1, -0.05) is 24.3 Å². The van der Waals surface area contributed by atoms with E-state index in [4.69, 9.17) is 40.1 Å². The monoisotopic (exact) mass is 1570 g/mol. The number of guanidine groups is 1. The lowest BCUT2D eigenvalue weighted by Crippen LogP contribution is -2.64. The number of thiol groups is 2. The van der Waals surface area contributed by atoms with Crippen LogP contribution in [-0.2, 0) is 80.0 Å². The molecule has 108 heavy (non-hydrogen) atoms. The standard InChI is InChI=1S/C65H106N20O21S2/c1-30(87)47(70)59(101)78-41(25-33-11-15-35(90)16-12-33)56(98)85-50(65(4,5)108)62(104)79-42(27-46(69)92)55(97)75-38(10-8-24-73-64(71)72)51(93)76-40(20-23-68)54(96)83-48(31(2)88)60(102)77-39(19-22-67)53(95)74-37(9-6-7-21-66)52(94)82-45(29-107)58(100)81-44(28-86)57(99)84-49(32(3)89)61(103)80-43(63(105)106)26-34-13-17-36(91)18-14-34/h11-18,30-32,37-45,47-50,86-91,107-108H,6-10,19-29,66-68,70H2,1-5H3,(H2,69,92)(H,74,95)(H,75,97)(H,76,93)(H,77,102)(H,78,101)(H,79,104)(H,80,103)(H,81,100)(H,82,94)(H,83,96)(H,84,99)(H,85,98)(H,105,106)(H4,71,72,73)/t30-,31-,32-,37+,38+,39-,40+,41+,42+,43+,44+,45+,47+,48+,49+,50-/m1/s1. The highest BCUT2D eigenvalue weighted by atomic mass is 32.1. The van der Waals surface area contributed by atoms with Crippen LogP contribution in [0.1, 0.15) is 97.1 Å². The van der Waals surface area contributed by atoms with E-state index in [2.05, 4.69) is 94.1 Å². The average molecular weight is 1570 g/mol. The molecule has 604 valence electrons. The number of phenolic OH excluding ortho intramolecular Hbond substituents is 2. The SMILES string of the molecule is C[C@@H](O)[C@H](N)C(=O)N[C@@H](Cc1ccc(O)cc1)C(=O)N[C@H](C(=O)N[C@@H](CC(N)=O)C(=O)N[C@@H](CCCN=C(N)N)C(=O)N[C@@H](CCN)C(=O)N[C@H](C(=O)N[C@H](CCN)C(=O)N[C@@H](CCCCN)C(=O)N[C@@H](CS)C(=O)N[C@@H](CO)C(=O)N[C@H](C(=O)N[C@@H](Cc1ccc(O)cc1)C(=O)O)[C@@H](C)O)[C@@H](C)O)C(C)(C)S. The summed E-state index contributed by atoms with van der Waals surface area (Å²) in [6, 6.07) is -11.1. The quantitative estimate of drug-likeness (QED) is 0.0127. The van der Waals surface area contributed by atoms with Crippen LogP contribution in [0.4, 0.5) is 0 Å². The number of unbranched alkanes of at least 4 members (excludes halogenated alkanes) is 1. The molecule has 0 aromatic heterocycles. The second-order valence-corrected chi connectivity index (χ2v) is 27.4. The van der Waals surface area contributed by atoms with Crippen LogP contribution in [0, 0.1) is 0 Å². The first-order valence-corrected chi connectivity index (χ1v) is 35.3. The molecule has 2 aromatic carbocycles. The predicted molar refractivity (Wildman–Crippen MR) is 395 cm³/mol. The zero-order valence-electron chi connectivity index (χ0n) is 60.4. The third kappa shape index (κ3) is 33.2. The number of carboxylic acid groups (broad SMARTS) is 1. The van der Waals surface area contributed by atoms with E-state index in [1.165, 1.54) is 69.3 Å². The number of nitrogens with two attached hydrogens (primary N) is 7. The summed E-state index contributed by atoms with van der Waals surface area (Å²) in [4.78, 5) is 196. The number of aliphatic hydroxyl groups is 4. The molecule has 2 aromatic rings. The van der Waals surface area contributed by atoms with Crippen molar-refractivity contribution in [1.29, 1.82) is 0 Å². The van der Waals surface area contributed by atoms with Gasteiger partial charge in [-0.15, -0.1) is 0 Å². The van der Waals surface area contributed by atoms with Crippen LogP contribution in [0.25, 0.3) is 0 Å². The fraction of sp³-hybridized carbons (Fsp3) is 0.585. The lowest BCUT2D eigenvalue weighted by atomic mass is 9.99. The predicted octanol–water partition coefficient (Wildman–Crippen LogP) is -10.4. The number of carboxylic acids is 1. The number of primary amides is 1. The maximum Gasteiger partial charge on any atom is 0.326 e. The maximum atomic E-state index is 14.4. The molecule has 0 aliphatic rings. The number of hydrogen-bond acceptors (Lipinski definition) is 27. The molecule has 16 atom stereocenters. The van der Waals surface area contributed by atoms with Crippen LogP contribution < -0.4 is 104 Å². The largest absolute Gasteiger partial charge is 0.508 e. The van der Waals surface area contributed by atoms with Gasteiger partial charge in [0.05, 0.1) is 31.3 Å². The van der Waals surface area contributed by atoms with E-state index in [9.17, 15) is 103 Å². The summed E-state index contributed by atoms with van der Waals surface area (Å²) in [5.41, 5.74) is 40.6. The Balaban J connectivity index is 2.40. The molecule has 0 aliphatic heterocycles. The van der Waals surface area contributed by atoms with Crippen molar-refractivity contribution in [2.24, 2.45) is 45.1 Å². The van der Waals surface area contributed by atoms with E-state index in [1.807, 2.05) is 0 Å². The number of hydrogen-bond donors (Lipinski definition) is 28. The number of aromatic hydroxyl groups is 2. The van der Waals surface area contributed by atoms with Crippen molar-refractivity contribution < 1.29 is 103 Å². The highest BCUT2D eigenvalue weighted by Gasteiger charge is 2.41. The molecular weight excluding hydrogens is 1460 g/mol. The molecule has 0 unspecified atom stereocenters. The number of aliphatic carboxylic acids is 1. The molecule has 41 nitrogen and oxygen atoms in total. The Labute approximate surface area is 633 Å².